The van der Waals surface area contributed by atoms with Gasteiger partial charge < -0.3 is 15.5 Å². The third-order valence-corrected chi connectivity index (χ3v) is 3.31. The maximum Gasteiger partial charge on any atom is 0.259 e. The molecule has 0 unspecified atom stereocenters. The maximum atomic E-state index is 12.1. The number of amides is 1. The van der Waals surface area contributed by atoms with E-state index in [1.165, 1.54) is 6.26 Å². The summed E-state index contributed by atoms with van der Waals surface area (Å²) in [7, 11) is 0. The summed E-state index contributed by atoms with van der Waals surface area (Å²) in [6, 6.07) is 6.93. The van der Waals surface area contributed by atoms with Crippen LogP contribution in [0.5, 0.6) is 0 Å². The molecule has 0 spiro atoms. The van der Waals surface area contributed by atoms with Gasteiger partial charge in [-0.15, -0.1) is 0 Å². The zero-order valence-electron chi connectivity index (χ0n) is 10.1. The number of carbonyl (C=O) groups is 1. The van der Waals surface area contributed by atoms with Gasteiger partial charge in [-0.3, -0.25) is 4.79 Å². The van der Waals surface area contributed by atoms with Gasteiger partial charge in [0, 0.05) is 10.0 Å². The summed E-state index contributed by atoms with van der Waals surface area (Å²) in [5.41, 5.74) is 7.31. The van der Waals surface area contributed by atoms with E-state index >= 15 is 0 Å². The molecule has 0 saturated heterocycles. The minimum absolute atomic E-state index is 0.223. The number of furan rings is 1. The summed E-state index contributed by atoms with van der Waals surface area (Å²) in [6.45, 7) is 1.73. The van der Waals surface area contributed by atoms with E-state index in [1.807, 2.05) is 0 Å². The van der Waals surface area contributed by atoms with Gasteiger partial charge in [0.05, 0.1) is 17.5 Å². The molecule has 0 bridgehead atoms. The number of aryl methyl sites for hydroxylation is 1. The molecule has 4 nitrogen and oxygen atoms in total. The third-order valence-electron chi connectivity index (χ3n) is 2.60. The largest absolute Gasteiger partial charge is 0.469 e. The number of hydrogen-bond acceptors (Lipinski definition) is 3. The van der Waals surface area contributed by atoms with Crippen LogP contribution in [0.15, 0.2) is 39.4 Å². The molecule has 0 radical (unpaired) electrons. The maximum absolute atomic E-state index is 12.1. The van der Waals surface area contributed by atoms with Crippen LogP contribution in [0.1, 0.15) is 21.7 Å². The summed E-state index contributed by atoms with van der Waals surface area (Å²) in [5, 5.41) is 2.78. The van der Waals surface area contributed by atoms with E-state index in [-0.39, 0.29) is 10.9 Å². The highest BCUT2D eigenvalue weighted by atomic mass is 79.9. The average Bonchev–Trinajstić information content (AvgIpc) is 2.77. The van der Waals surface area contributed by atoms with Crippen molar-refractivity contribution in [3.63, 3.8) is 0 Å². The molecule has 0 saturated carbocycles. The van der Waals surface area contributed by atoms with Crippen LogP contribution in [0.25, 0.3) is 0 Å². The molecule has 98 valence electrons. The van der Waals surface area contributed by atoms with E-state index in [1.54, 1.807) is 31.2 Å². The van der Waals surface area contributed by atoms with Crippen LogP contribution in [0.2, 0.25) is 0 Å². The van der Waals surface area contributed by atoms with Crippen LogP contribution in [0, 0.1) is 6.92 Å². The summed E-state index contributed by atoms with van der Waals surface area (Å²) in [4.78, 5) is 12.3. The molecule has 0 aliphatic heterocycles. The fraction of sp³-hybridized carbons (Fsp3) is 0.0769. The molecule has 0 aliphatic carbocycles. The van der Waals surface area contributed by atoms with Crippen molar-refractivity contribution < 1.29 is 9.21 Å². The molecule has 19 heavy (non-hydrogen) atoms. The standard InChI is InChI=1S/C13H11BrN2O2S/c1-7-9(4-5-18-7)13(17)16-11-3-2-8(14)6-10(11)12(15)19/h2-6H,1H3,(H2,15,19)(H,16,17). The minimum atomic E-state index is -0.258. The van der Waals surface area contributed by atoms with Gasteiger partial charge in [-0.25, -0.2) is 0 Å². The van der Waals surface area contributed by atoms with Crippen molar-refractivity contribution in [1.29, 1.82) is 0 Å². The van der Waals surface area contributed by atoms with E-state index in [2.05, 4.69) is 21.2 Å². The molecule has 1 amide bonds. The normalized spacial score (nSPS) is 10.2. The number of nitrogens with one attached hydrogen (secondary N) is 1. The number of benzene rings is 1. The van der Waals surface area contributed by atoms with Crippen molar-refractivity contribution in [3.8, 4) is 0 Å². The summed E-state index contributed by atoms with van der Waals surface area (Å²) in [5.74, 6) is 0.303. The predicted octanol–water partition coefficient (Wildman–Crippen LogP) is 3.24. The van der Waals surface area contributed by atoms with Crippen LogP contribution in [0.4, 0.5) is 5.69 Å². The Bertz CT molecular complexity index is 652. The first-order valence-corrected chi connectivity index (χ1v) is 6.64. The van der Waals surface area contributed by atoms with E-state index in [4.69, 9.17) is 22.4 Å². The zero-order chi connectivity index (χ0) is 14.0. The summed E-state index contributed by atoms with van der Waals surface area (Å²) in [6.07, 6.45) is 1.47. The first-order chi connectivity index (χ1) is 8.99. The van der Waals surface area contributed by atoms with Gasteiger partial charge in [-0.05, 0) is 31.2 Å². The minimum Gasteiger partial charge on any atom is -0.469 e. The molecule has 3 N–H and O–H groups in total. The van der Waals surface area contributed by atoms with Gasteiger partial charge in [0.25, 0.3) is 5.91 Å². The van der Waals surface area contributed by atoms with Gasteiger partial charge in [0.1, 0.15) is 10.7 Å². The van der Waals surface area contributed by atoms with Crippen molar-refractivity contribution >= 4 is 44.7 Å². The van der Waals surface area contributed by atoms with E-state index < -0.39 is 0 Å². The van der Waals surface area contributed by atoms with Crippen LogP contribution in [-0.2, 0) is 0 Å². The molecule has 1 heterocycles. The first-order valence-electron chi connectivity index (χ1n) is 5.44. The molecule has 0 fully saturated rings. The quantitative estimate of drug-likeness (QED) is 0.843. The van der Waals surface area contributed by atoms with Gasteiger partial charge >= 0.3 is 0 Å². The number of rotatable bonds is 3. The predicted molar refractivity (Wildman–Crippen MR) is 81.4 cm³/mol. The molecule has 2 aromatic rings. The SMILES string of the molecule is Cc1occc1C(=O)Nc1ccc(Br)cc1C(N)=S. The topological polar surface area (TPSA) is 68.3 Å². The van der Waals surface area contributed by atoms with E-state index in [9.17, 15) is 4.79 Å². The molecule has 0 aliphatic rings. The smallest absolute Gasteiger partial charge is 0.259 e. The summed E-state index contributed by atoms with van der Waals surface area (Å²) >= 11 is 8.31. The Morgan fingerprint density at radius 2 is 2.11 bits per heavy atom. The highest BCUT2D eigenvalue weighted by Gasteiger charge is 2.14. The number of thiocarbonyl (C=S) groups is 1. The number of halogens is 1. The Morgan fingerprint density at radius 3 is 2.68 bits per heavy atom. The second-order valence-corrected chi connectivity index (χ2v) is 5.25. The Hall–Kier alpha value is -1.66. The summed E-state index contributed by atoms with van der Waals surface area (Å²) < 4.78 is 5.94. The lowest BCUT2D eigenvalue weighted by Gasteiger charge is -2.10. The molecular weight excluding hydrogens is 328 g/mol. The van der Waals surface area contributed by atoms with Crippen molar-refractivity contribution in [3.05, 3.63) is 51.9 Å². The van der Waals surface area contributed by atoms with Crippen LogP contribution < -0.4 is 11.1 Å². The van der Waals surface area contributed by atoms with E-state index in [0.717, 1.165) is 4.47 Å². The molecular formula is C13H11BrN2O2S. The molecule has 0 atom stereocenters. The Morgan fingerprint density at radius 1 is 1.37 bits per heavy atom. The molecule has 2 rings (SSSR count). The van der Waals surface area contributed by atoms with Gasteiger partial charge in [-0.2, -0.15) is 0 Å². The highest BCUT2D eigenvalue weighted by molar-refractivity contribution is 9.10. The Balaban J connectivity index is 2.32. The lowest BCUT2D eigenvalue weighted by molar-refractivity contribution is 0.102. The van der Waals surface area contributed by atoms with Gasteiger partial charge in [-0.1, -0.05) is 28.1 Å². The zero-order valence-corrected chi connectivity index (χ0v) is 12.5. The van der Waals surface area contributed by atoms with Crippen LogP contribution in [0.3, 0.4) is 0 Å². The van der Waals surface area contributed by atoms with Crippen LogP contribution in [-0.4, -0.2) is 10.9 Å². The second kappa shape index (κ2) is 5.54. The fourth-order valence-corrected chi connectivity index (χ4v) is 2.17. The second-order valence-electron chi connectivity index (χ2n) is 3.90. The van der Waals surface area contributed by atoms with Crippen LogP contribution >= 0.6 is 28.1 Å². The number of anilines is 1. The van der Waals surface area contributed by atoms with Crippen molar-refractivity contribution in [1.82, 2.24) is 0 Å². The number of hydrogen-bond donors (Lipinski definition) is 2. The van der Waals surface area contributed by atoms with Crippen molar-refractivity contribution in [2.45, 2.75) is 6.92 Å². The monoisotopic (exact) mass is 338 g/mol. The third kappa shape index (κ3) is 3.02. The molecule has 1 aromatic carbocycles. The molecule has 1 aromatic heterocycles. The lowest BCUT2D eigenvalue weighted by atomic mass is 10.1. The molecule has 6 heteroatoms. The van der Waals surface area contributed by atoms with E-state index in [0.29, 0.717) is 22.6 Å². The van der Waals surface area contributed by atoms with Crippen molar-refractivity contribution in [2.24, 2.45) is 5.73 Å². The average molecular weight is 339 g/mol. The highest BCUT2D eigenvalue weighted by Crippen LogP contribution is 2.22. The van der Waals surface area contributed by atoms with Gasteiger partial charge in [0.2, 0.25) is 0 Å². The number of carbonyl (C=O) groups excluding carboxylic acids is 1. The lowest BCUT2D eigenvalue weighted by Crippen LogP contribution is -2.17. The first kappa shape index (κ1) is 13.8. The Labute approximate surface area is 124 Å². The van der Waals surface area contributed by atoms with Gasteiger partial charge in [0.15, 0.2) is 0 Å². The fourth-order valence-electron chi connectivity index (χ4n) is 1.64. The van der Waals surface area contributed by atoms with Crippen molar-refractivity contribution in [2.75, 3.05) is 5.32 Å². The Kier molecular flexibility index (Phi) is 4.01. The number of nitrogens with two attached hydrogens (primary N) is 1.